The first-order chi connectivity index (χ1) is 16.4. The van der Waals surface area contributed by atoms with Gasteiger partial charge in [-0.2, -0.15) is 0 Å². The Hall–Kier alpha value is -3.03. The molecule has 0 saturated carbocycles. The fourth-order valence-electron chi connectivity index (χ4n) is 4.26. The third kappa shape index (κ3) is 5.63. The van der Waals surface area contributed by atoms with Crippen LogP contribution in [0.4, 0.5) is 5.69 Å². The highest BCUT2D eigenvalue weighted by Gasteiger charge is 2.35. The van der Waals surface area contributed by atoms with Gasteiger partial charge in [0, 0.05) is 17.0 Å². The van der Waals surface area contributed by atoms with Gasteiger partial charge in [0.1, 0.15) is 17.9 Å². The summed E-state index contributed by atoms with van der Waals surface area (Å²) in [6, 6.07) is 18.6. The molecule has 0 spiro atoms. The first kappa shape index (κ1) is 25.1. The fraction of sp³-hybridized carbons (Fsp3) is 0.296. The monoisotopic (exact) mass is 512 g/mol. The zero-order valence-electron chi connectivity index (χ0n) is 20.2. The van der Waals surface area contributed by atoms with Crippen LogP contribution in [0.1, 0.15) is 43.0 Å². The van der Waals surface area contributed by atoms with E-state index in [1.54, 1.807) is 42.5 Å². The molecule has 0 bridgehead atoms. The first-order valence-electron chi connectivity index (χ1n) is 11.4. The SMILES string of the molecule is Cc1ccc(S(=O)(=O)N(CC(=O)NC2CC(C)(C)Oc3ccc(C)cc32)c2cccc(Cl)c2)cc1. The van der Waals surface area contributed by atoms with Gasteiger partial charge >= 0.3 is 0 Å². The molecule has 3 aromatic carbocycles. The average molecular weight is 513 g/mol. The topological polar surface area (TPSA) is 75.7 Å². The Morgan fingerprint density at radius 3 is 2.43 bits per heavy atom. The number of amides is 1. The average Bonchev–Trinajstić information content (AvgIpc) is 2.77. The van der Waals surface area contributed by atoms with Crippen LogP contribution < -0.4 is 14.4 Å². The summed E-state index contributed by atoms with van der Waals surface area (Å²) in [6.07, 6.45) is 0.553. The number of anilines is 1. The number of ether oxygens (including phenoxy) is 1. The minimum atomic E-state index is -4.02. The van der Waals surface area contributed by atoms with Gasteiger partial charge in [-0.3, -0.25) is 9.10 Å². The zero-order valence-corrected chi connectivity index (χ0v) is 21.8. The smallest absolute Gasteiger partial charge is 0.264 e. The number of aryl methyl sites for hydroxylation is 2. The summed E-state index contributed by atoms with van der Waals surface area (Å²) < 4.78 is 34.4. The lowest BCUT2D eigenvalue weighted by molar-refractivity contribution is -0.120. The highest BCUT2D eigenvalue weighted by molar-refractivity contribution is 7.92. The molecule has 1 unspecified atom stereocenters. The summed E-state index contributed by atoms with van der Waals surface area (Å²) in [7, 11) is -4.02. The van der Waals surface area contributed by atoms with Crippen molar-refractivity contribution in [3.63, 3.8) is 0 Å². The molecule has 1 aliphatic heterocycles. The molecule has 1 atom stereocenters. The van der Waals surface area contributed by atoms with Crippen LogP contribution in [0.2, 0.25) is 5.02 Å². The number of carbonyl (C=O) groups excluding carboxylic acids is 1. The van der Waals surface area contributed by atoms with E-state index in [0.29, 0.717) is 17.1 Å². The molecule has 8 heteroatoms. The Morgan fingerprint density at radius 1 is 1.06 bits per heavy atom. The van der Waals surface area contributed by atoms with Gasteiger partial charge in [0.25, 0.3) is 10.0 Å². The van der Waals surface area contributed by atoms with Crippen LogP contribution in [0.5, 0.6) is 5.75 Å². The fourth-order valence-corrected chi connectivity index (χ4v) is 5.85. The van der Waals surface area contributed by atoms with E-state index in [1.165, 1.54) is 6.07 Å². The maximum atomic E-state index is 13.6. The molecule has 1 amide bonds. The van der Waals surface area contributed by atoms with E-state index in [2.05, 4.69) is 5.32 Å². The molecule has 1 aliphatic rings. The molecule has 0 aliphatic carbocycles. The van der Waals surface area contributed by atoms with E-state index in [4.69, 9.17) is 16.3 Å². The van der Waals surface area contributed by atoms with Crippen LogP contribution in [-0.4, -0.2) is 26.5 Å². The molecular formula is C27H29ClN2O4S. The van der Waals surface area contributed by atoms with Gasteiger partial charge in [0.05, 0.1) is 16.6 Å². The summed E-state index contributed by atoms with van der Waals surface area (Å²) in [5.74, 6) is 0.298. The third-order valence-electron chi connectivity index (χ3n) is 5.95. The molecule has 1 N–H and O–H groups in total. The highest BCUT2D eigenvalue weighted by Crippen LogP contribution is 2.40. The van der Waals surface area contributed by atoms with Crippen LogP contribution in [0, 0.1) is 13.8 Å². The Kier molecular flexibility index (Phi) is 6.84. The molecule has 0 radical (unpaired) electrons. The lowest BCUT2D eigenvalue weighted by Crippen LogP contribution is -2.45. The first-order valence-corrected chi connectivity index (χ1v) is 13.2. The number of carbonyl (C=O) groups is 1. The normalized spacial score (nSPS) is 16.7. The van der Waals surface area contributed by atoms with E-state index in [0.717, 1.165) is 26.7 Å². The number of nitrogens with zero attached hydrogens (tertiary/aromatic N) is 1. The minimum Gasteiger partial charge on any atom is -0.487 e. The van der Waals surface area contributed by atoms with E-state index in [1.807, 2.05) is 45.9 Å². The van der Waals surface area contributed by atoms with Crippen LogP contribution in [0.25, 0.3) is 0 Å². The number of benzene rings is 3. The Morgan fingerprint density at radius 2 is 1.74 bits per heavy atom. The van der Waals surface area contributed by atoms with Crippen LogP contribution in [0.3, 0.4) is 0 Å². The maximum absolute atomic E-state index is 13.6. The number of rotatable bonds is 6. The summed E-state index contributed by atoms with van der Waals surface area (Å²) in [5.41, 5.74) is 2.70. The van der Waals surface area contributed by atoms with Crippen molar-refractivity contribution < 1.29 is 17.9 Å². The van der Waals surface area contributed by atoms with E-state index in [9.17, 15) is 13.2 Å². The molecule has 184 valence electrons. The molecule has 6 nitrogen and oxygen atoms in total. The Bertz CT molecular complexity index is 1350. The highest BCUT2D eigenvalue weighted by atomic mass is 35.5. The Labute approximate surface area is 211 Å². The summed E-state index contributed by atoms with van der Waals surface area (Å²) in [6.45, 7) is 7.40. The van der Waals surface area contributed by atoms with Gasteiger partial charge < -0.3 is 10.1 Å². The largest absolute Gasteiger partial charge is 0.487 e. The predicted octanol–water partition coefficient (Wildman–Crippen LogP) is 5.57. The van der Waals surface area contributed by atoms with Gasteiger partial charge in [-0.05, 0) is 64.1 Å². The van der Waals surface area contributed by atoms with Crippen molar-refractivity contribution in [1.82, 2.24) is 5.32 Å². The molecule has 0 fully saturated rings. The standard InChI is InChI=1S/C27H29ClN2O4S/c1-18-8-11-22(12-9-18)35(32,33)30(21-7-5-6-20(28)15-21)17-26(31)29-24-16-27(3,4)34-25-13-10-19(2)14-23(24)25/h5-15,24H,16-17H2,1-4H3,(H,29,31). The molecule has 3 aromatic rings. The molecular weight excluding hydrogens is 484 g/mol. The quantitative estimate of drug-likeness (QED) is 0.468. The van der Waals surface area contributed by atoms with Crippen LogP contribution in [0.15, 0.2) is 71.6 Å². The Balaban J connectivity index is 1.66. The van der Waals surface area contributed by atoms with Gasteiger partial charge in [-0.25, -0.2) is 8.42 Å². The van der Waals surface area contributed by atoms with Crippen molar-refractivity contribution in [3.8, 4) is 5.75 Å². The van der Waals surface area contributed by atoms with Crippen molar-refractivity contribution in [2.24, 2.45) is 0 Å². The van der Waals surface area contributed by atoms with Crippen molar-refractivity contribution in [2.75, 3.05) is 10.8 Å². The summed E-state index contributed by atoms with van der Waals surface area (Å²) >= 11 is 6.16. The van der Waals surface area contributed by atoms with E-state index >= 15 is 0 Å². The lowest BCUT2D eigenvalue weighted by atomic mass is 9.89. The van der Waals surface area contributed by atoms with Crippen molar-refractivity contribution in [3.05, 3.63) is 88.4 Å². The summed E-state index contributed by atoms with van der Waals surface area (Å²) in [5, 5.41) is 3.42. The third-order valence-corrected chi connectivity index (χ3v) is 7.97. The van der Waals surface area contributed by atoms with Crippen molar-refractivity contribution >= 4 is 33.2 Å². The minimum absolute atomic E-state index is 0.101. The second kappa shape index (κ2) is 9.55. The van der Waals surface area contributed by atoms with Crippen molar-refractivity contribution in [2.45, 2.75) is 50.7 Å². The second-order valence-electron chi connectivity index (χ2n) is 9.53. The molecule has 35 heavy (non-hydrogen) atoms. The number of sulfonamides is 1. The van der Waals surface area contributed by atoms with Crippen LogP contribution >= 0.6 is 11.6 Å². The zero-order chi connectivity index (χ0) is 25.4. The van der Waals surface area contributed by atoms with Gasteiger partial charge in [0.2, 0.25) is 5.91 Å². The molecule has 0 aromatic heterocycles. The van der Waals surface area contributed by atoms with E-state index < -0.39 is 28.1 Å². The number of nitrogens with one attached hydrogen (secondary N) is 1. The van der Waals surface area contributed by atoms with Gasteiger partial charge in [-0.15, -0.1) is 0 Å². The predicted molar refractivity (Wildman–Crippen MR) is 139 cm³/mol. The summed E-state index contributed by atoms with van der Waals surface area (Å²) in [4.78, 5) is 13.4. The van der Waals surface area contributed by atoms with Gasteiger partial charge in [0.15, 0.2) is 0 Å². The van der Waals surface area contributed by atoms with Crippen LogP contribution in [-0.2, 0) is 14.8 Å². The molecule has 0 saturated heterocycles. The van der Waals surface area contributed by atoms with Gasteiger partial charge in [-0.1, -0.05) is 53.1 Å². The molecule has 1 heterocycles. The number of hydrogen-bond donors (Lipinski definition) is 1. The van der Waals surface area contributed by atoms with E-state index in [-0.39, 0.29) is 10.9 Å². The lowest BCUT2D eigenvalue weighted by Gasteiger charge is -2.38. The maximum Gasteiger partial charge on any atom is 0.264 e. The number of fused-ring (bicyclic) bond motifs is 1. The second-order valence-corrected chi connectivity index (χ2v) is 11.8. The molecule has 4 rings (SSSR count). The number of halogens is 1. The van der Waals surface area contributed by atoms with Crippen molar-refractivity contribution in [1.29, 1.82) is 0 Å². The number of hydrogen-bond acceptors (Lipinski definition) is 4.